The number of benzene rings is 1. The van der Waals surface area contributed by atoms with Gasteiger partial charge in [-0.2, -0.15) is 0 Å². The maximum Gasteiger partial charge on any atom is 0.318 e. The number of aromatic nitrogens is 3. The average molecular weight is 321 g/mol. The quantitative estimate of drug-likeness (QED) is 0.793. The van der Waals surface area contributed by atoms with Crippen molar-refractivity contribution in [1.82, 2.24) is 20.1 Å². The summed E-state index contributed by atoms with van der Waals surface area (Å²) < 4.78 is 6.90. The first-order chi connectivity index (χ1) is 10.5. The fraction of sp³-hybridized carbons (Fsp3) is 0.231. The zero-order valence-corrected chi connectivity index (χ0v) is 12.8. The van der Waals surface area contributed by atoms with Gasteiger partial charge in [-0.3, -0.25) is 14.7 Å². The number of hydrogen-bond acceptors (Lipinski definition) is 6. The second-order valence-corrected chi connectivity index (χ2v) is 5.61. The molecule has 0 aliphatic heterocycles. The Hall–Kier alpha value is -2.55. The summed E-state index contributed by atoms with van der Waals surface area (Å²) >= 11 is 1.16. The molecule has 1 aromatic heterocycles. The third kappa shape index (κ3) is 3.76. The summed E-state index contributed by atoms with van der Waals surface area (Å²) in [6.45, 7) is 1.65. The lowest BCUT2D eigenvalue weighted by Crippen LogP contribution is -2.39. The van der Waals surface area contributed by atoms with Crippen molar-refractivity contribution < 1.29 is 14.3 Å². The number of thioether (sulfide) groups is 1. The molecule has 22 heavy (non-hydrogen) atoms. The molecular formula is C13H15N5O3S. The fourth-order valence-corrected chi connectivity index (χ4v) is 2.52. The van der Waals surface area contributed by atoms with Crippen LogP contribution in [0.2, 0.25) is 0 Å². The molecule has 1 atom stereocenters. The molecule has 1 heterocycles. The van der Waals surface area contributed by atoms with Crippen molar-refractivity contribution in [2.75, 3.05) is 7.11 Å². The minimum absolute atomic E-state index is 0.488. The van der Waals surface area contributed by atoms with E-state index in [1.54, 1.807) is 18.6 Å². The van der Waals surface area contributed by atoms with Crippen LogP contribution in [0, 0.1) is 0 Å². The van der Waals surface area contributed by atoms with Crippen molar-refractivity contribution in [3.8, 4) is 11.4 Å². The third-order valence-electron chi connectivity index (χ3n) is 2.75. The van der Waals surface area contributed by atoms with Gasteiger partial charge in [0.25, 0.3) is 0 Å². The summed E-state index contributed by atoms with van der Waals surface area (Å²) in [5, 5.41) is 9.84. The molecule has 3 amide bonds. The summed E-state index contributed by atoms with van der Waals surface area (Å²) in [6.07, 6.45) is 1.54. The Balaban J connectivity index is 2.19. The van der Waals surface area contributed by atoms with E-state index in [-0.39, 0.29) is 0 Å². The van der Waals surface area contributed by atoms with Gasteiger partial charge >= 0.3 is 6.03 Å². The summed E-state index contributed by atoms with van der Waals surface area (Å²) in [5.74, 6) is 0.208. The molecule has 2 aromatic rings. The van der Waals surface area contributed by atoms with Gasteiger partial charge in [-0.15, -0.1) is 10.2 Å². The molecular weight excluding hydrogens is 306 g/mol. The minimum atomic E-state index is -0.883. The second-order valence-electron chi connectivity index (χ2n) is 4.30. The van der Waals surface area contributed by atoms with Gasteiger partial charge in [-0.25, -0.2) is 4.79 Å². The van der Waals surface area contributed by atoms with Crippen LogP contribution in [0.3, 0.4) is 0 Å². The zero-order chi connectivity index (χ0) is 16.1. The molecule has 9 heteroatoms. The van der Waals surface area contributed by atoms with Crippen molar-refractivity contribution in [3.05, 3.63) is 30.6 Å². The van der Waals surface area contributed by atoms with Gasteiger partial charge in [-0.1, -0.05) is 17.8 Å². The van der Waals surface area contributed by atoms with E-state index in [0.29, 0.717) is 10.9 Å². The van der Waals surface area contributed by atoms with Crippen LogP contribution in [0.5, 0.6) is 5.75 Å². The molecule has 0 bridgehead atoms. The van der Waals surface area contributed by atoms with Gasteiger partial charge in [-0.05, 0) is 19.1 Å². The van der Waals surface area contributed by atoms with Crippen molar-refractivity contribution in [3.63, 3.8) is 0 Å². The van der Waals surface area contributed by atoms with Crippen molar-refractivity contribution in [1.29, 1.82) is 0 Å². The number of rotatable bonds is 5. The molecule has 116 valence electrons. The molecule has 1 aromatic carbocycles. The van der Waals surface area contributed by atoms with E-state index in [9.17, 15) is 9.59 Å². The molecule has 0 saturated carbocycles. The van der Waals surface area contributed by atoms with Crippen LogP contribution in [0.25, 0.3) is 5.69 Å². The van der Waals surface area contributed by atoms with Gasteiger partial charge in [0.15, 0.2) is 5.16 Å². The van der Waals surface area contributed by atoms with Crippen LogP contribution >= 0.6 is 11.8 Å². The van der Waals surface area contributed by atoms with Gasteiger partial charge < -0.3 is 10.5 Å². The highest BCUT2D eigenvalue weighted by Crippen LogP contribution is 2.25. The molecule has 0 aliphatic rings. The highest BCUT2D eigenvalue weighted by molar-refractivity contribution is 8.00. The van der Waals surface area contributed by atoms with Gasteiger partial charge in [0, 0.05) is 6.07 Å². The summed E-state index contributed by atoms with van der Waals surface area (Å²) in [5.41, 5.74) is 5.73. The minimum Gasteiger partial charge on any atom is -0.497 e. The number of nitrogens with one attached hydrogen (secondary N) is 1. The largest absolute Gasteiger partial charge is 0.497 e. The maximum absolute atomic E-state index is 11.7. The highest BCUT2D eigenvalue weighted by atomic mass is 32.2. The lowest BCUT2D eigenvalue weighted by atomic mass is 10.3. The van der Waals surface area contributed by atoms with Crippen LogP contribution in [0.1, 0.15) is 6.92 Å². The van der Waals surface area contributed by atoms with E-state index in [1.165, 1.54) is 6.33 Å². The number of carbonyl (C=O) groups excluding carboxylic acids is 2. The Morgan fingerprint density at radius 3 is 2.91 bits per heavy atom. The molecule has 8 nitrogen and oxygen atoms in total. The van der Waals surface area contributed by atoms with Crippen LogP contribution in [-0.2, 0) is 4.79 Å². The fourth-order valence-electron chi connectivity index (χ4n) is 1.68. The van der Waals surface area contributed by atoms with E-state index < -0.39 is 17.2 Å². The van der Waals surface area contributed by atoms with Gasteiger partial charge in [0.2, 0.25) is 5.91 Å². The third-order valence-corrected chi connectivity index (χ3v) is 3.80. The van der Waals surface area contributed by atoms with Crippen molar-refractivity contribution >= 4 is 23.7 Å². The number of ether oxygens (including phenoxy) is 1. The number of primary amides is 1. The number of amides is 3. The van der Waals surface area contributed by atoms with Crippen molar-refractivity contribution in [2.24, 2.45) is 5.73 Å². The Kier molecular flexibility index (Phi) is 4.99. The summed E-state index contributed by atoms with van der Waals surface area (Å²) in [6, 6.07) is 6.47. The van der Waals surface area contributed by atoms with E-state index in [4.69, 9.17) is 10.5 Å². The van der Waals surface area contributed by atoms with Crippen LogP contribution < -0.4 is 15.8 Å². The number of carbonyl (C=O) groups is 2. The molecule has 0 saturated heterocycles. The first-order valence-electron chi connectivity index (χ1n) is 6.32. The smallest absolute Gasteiger partial charge is 0.318 e. The summed E-state index contributed by atoms with van der Waals surface area (Å²) in [4.78, 5) is 22.4. The standard InChI is InChI=1S/C13H15N5O3S/c1-8(11(19)16-12(14)20)22-13-17-15-7-18(13)9-4-3-5-10(6-9)21-2/h3-8H,1-2H3,(H3,14,16,19,20). The highest BCUT2D eigenvalue weighted by Gasteiger charge is 2.19. The topological polar surface area (TPSA) is 112 Å². The number of nitrogens with two attached hydrogens (primary N) is 1. The Bertz CT molecular complexity index is 688. The van der Waals surface area contributed by atoms with E-state index in [0.717, 1.165) is 17.4 Å². The predicted molar refractivity (Wildman–Crippen MR) is 81.0 cm³/mol. The van der Waals surface area contributed by atoms with Crippen LogP contribution in [0.15, 0.2) is 35.7 Å². The lowest BCUT2D eigenvalue weighted by Gasteiger charge is -2.11. The SMILES string of the molecule is COc1cccc(-n2cnnc2SC(C)C(=O)NC(N)=O)c1. The van der Waals surface area contributed by atoms with E-state index in [2.05, 4.69) is 10.2 Å². The maximum atomic E-state index is 11.7. The average Bonchev–Trinajstić information content (AvgIpc) is 2.94. The number of methoxy groups -OCH3 is 1. The van der Waals surface area contributed by atoms with Crippen molar-refractivity contribution in [2.45, 2.75) is 17.3 Å². The molecule has 3 N–H and O–H groups in total. The molecule has 1 unspecified atom stereocenters. The second kappa shape index (κ2) is 6.94. The van der Waals surface area contributed by atoms with E-state index >= 15 is 0 Å². The number of urea groups is 1. The first-order valence-corrected chi connectivity index (χ1v) is 7.20. The zero-order valence-electron chi connectivity index (χ0n) is 12.0. The first kappa shape index (κ1) is 15.8. The molecule has 2 rings (SSSR count). The van der Waals surface area contributed by atoms with Gasteiger partial charge in [0.1, 0.15) is 12.1 Å². The molecule has 0 radical (unpaired) electrons. The molecule has 0 aliphatic carbocycles. The predicted octanol–water partition coefficient (Wildman–Crippen LogP) is 0.951. The Labute approximate surface area is 131 Å². The number of nitrogens with zero attached hydrogens (tertiary/aromatic N) is 3. The van der Waals surface area contributed by atoms with E-state index in [1.807, 2.05) is 29.6 Å². The monoisotopic (exact) mass is 321 g/mol. The number of hydrogen-bond donors (Lipinski definition) is 2. The van der Waals surface area contributed by atoms with Crippen LogP contribution in [-0.4, -0.2) is 39.1 Å². The number of imide groups is 1. The lowest BCUT2D eigenvalue weighted by molar-refractivity contribution is -0.119. The van der Waals surface area contributed by atoms with Crippen LogP contribution in [0.4, 0.5) is 4.79 Å². The normalized spacial score (nSPS) is 11.7. The van der Waals surface area contributed by atoms with Gasteiger partial charge in [0.05, 0.1) is 18.0 Å². The Morgan fingerprint density at radius 1 is 1.45 bits per heavy atom. The Morgan fingerprint density at radius 2 is 2.23 bits per heavy atom. The molecule has 0 fully saturated rings. The molecule has 0 spiro atoms. The summed E-state index contributed by atoms with van der Waals surface area (Å²) in [7, 11) is 1.58.